The minimum absolute atomic E-state index is 0.0404. The first-order valence-corrected chi connectivity index (χ1v) is 4.71. The van der Waals surface area contributed by atoms with Crippen molar-refractivity contribution in [3.05, 3.63) is 18.5 Å². The van der Waals surface area contributed by atoms with Crippen molar-refractivity contribution in [1.29, 1.82) is 0 Å². The van der Waals surface area contributed by atoms with Crippen molar-refractivity contribution in [1.82, 2.24) is 4.98 Å². The Hall–Kier alpha value is -1.29. The quantitative estimate of drug-likeness (QED) is 0.672. The highest BCUT2D eigenvalue weighted by Gasteiger charge is 2.11. The monoisotopic (exact) mass is 195 g/mol. The first-order chi connectivity index (χ1) is 6.63. The minimum Gasteiger partial charge on any atom is -0.397 e. The minimum atomic E-state index is 0.0404. The van der Waals surface area contributed by atoms with Crippen LogP contribution in [-0.2, 0) is 0 Å². The summed E-state index contributed by atoms with van der Waals surface area (Å²) >= 11 is 0. The Morgan fingerprint density at radius 3 is 2.71 bits per heavy atom. The molecule has 0 bridgehead atoms. The van der Waals surface area contributed by atoms with E-state index >= 15 is 0 Å². The van der Waals surface area contributed by atoms with E-state index in [2.05, 4.69) is 10.3 Å². The molecule has 0 aliphatic rings. The Kier molecular flexibility index (Phi) is 3.71. The molecule has 1 unspecified atom stereocenters. The first-order valence-electron chi connectivity index (χ1n) is 4.71. The number of aromatic nitrogens is 1. The fourth-order valence-electron chi connectivity index (χ4n) is 1.17. The van der Waals surface area contributed by atoms with Crippen molar-refractivity contribution in [2.24, 2.45) is 5.92 Å². The maximum Gasteiger partial charge on any atom is 0.0635 e. The number of pyridine rings is 1. The molecule has 1 aromatic heterocycles. The molecule has 4 N–H and O–H groups in total. The van der Waals surface area contributed by atoms with Gasteiger partial charge in [0.05, 0.1) is 30.2 Å². The second-order valence-corrected chi connectivity index (χ2v) is 3.68. The molecule has 0 saturated carbocycles. The molecule has 0 amide bonds. The third kappa shape index (κ3) is 2.88. The summed E-state index contributed by atoms with van der Waals surface area (Å²) in [4.78, 5) is 3.96. The van der Waals surface area contributed by atoms with Gasteiger partial charge in [0.15, 0.2) is 0 Å². The average molecular weight is 195 g/mol. The molecule has 1 atom stereocenters. The summed E-state index contributed by atoms with van der Waals surface area (Å²) in [5.74, 6) is 0.362. The predicted molar refractivity (Wildman–Crippen MR) is 58.0 cm³/mol. The largest absolute Gasteiger partial charge is 0.397 e. The van der Waals surface area contributed by atoms with Crippen molar-refractivity contribution >= 4 is 11.4 Å². The van der Waals surface area contributed by atoms with E-state index in [-0.39, 0.29) is 12.6 Å². The summed E-state index contributed by atoms with van der Waals surface area (Å²) in [7, 11) is 0. The molecule has 4 nitrogen and oxygen atoms in total. The highest BCUT2D eigenvalue weighted by atomic mass is 16.3. The molecule has 0 radical (unpaired) electrons. The van der Waals surface area contributed by atoms with Gasteiger partial charge in [-0.15, -0.1) is 0 Å². The van der Waals surface area contributed by atoms with Crippen LogP contribution in [0.1, 0.15) is 13.8 Å². The molecule has 14 heavy (non-hydrogen) atoms. The standard InChI is InChI=1S/C10H17N3O/c1-7(2)10(6-14)13-9-3-8(11)4-12-5-9/h3-5,7,10,13-14H,6,11H2,1-2H3. The van der Waals surface area contributed by atoms with Gasteiger partial charge in [0.1, 0.15) is 0 Å². The Balaban J connectivity index is 2.67. The first kappa shape index (κ1) is 10.8. The van der Waals surface area contributed by atoms with Crippen molar-refractivity contribution in [2.75, 3.05) is 17.7 Å². The molecule has 1 rings (SSSR count). The van der Waals surface area contributed by atoms with Crippen LogP contribution in [0.4, 0.5) is 11.4 Å². The maximum atomic E-state index is 9.11. The fourth-order valence-corrected chi connectivity index (χ4v) is 1.17. The summed E-state index contributed by atoms with van der Waals surface area (Å²) in [6.45, 7) is 4.20. The summed E-state index contributed by atoms with van der Waals surface area (Å²) in [5, 5.41) is 12.3. The number of hydrogen-bond acceptors (Lipinski definition) is 4. The number of nitrogens with one attached hydrogen (secondary N) is 1. The van der Waals surface area contributed by atoms with E-state index in [1.54, 1.807) is 18.5 Å². The van der Waals surface area contributed by atoms with Gasteiger partial charge in [-0.2, -0.15) is 0 Å². The topological polar surface area (TPSA) is 71.2 Å². The van der Waals surface area contributed by atoms with Crippen LogP contribution in [0.25, 0.3) is 0 Å². The highest BCUT2D eigenvalue weighted by Crippen LogP contribution is 2.13. The molecule has 4 heteroatoms. The second kappa shape index (κ2) is 4.81. The highest BCUT2D eigenvalue weighted by molar-refractivity contribution is 5.51. The van der Waals surface area contributed by atoms with E-state index in [1.165, 1.54) is 0 Å². The van der Waals surface area contributed by atoms with E-state index in [0.29, 0.717) is 11.6 Å². The van der Waals surface area contributed by atoms with Gasteiger partial charge in [-0.1, -0.05) is 13.8 Å². The second-order valence-electron chi connectivity index (χ2n) is 3.68. The van der Waals surface area contributed by atoms with E-state index in [4.69, 9.17) is 10.8 Å². The molecule has 1 heterocycles. The zero-order valence-corrected chi connectivity index (χ0v) is 8.57. The zero-order valence-electron chi connectivity index (χ0n) is 8.57. The van der Waals surface area contributed by atoms with Crippen molar-refractivity contribution < 1.29 is 5.11 Å². The summed E-state index contributed by atoms with van der Waals surface area (Å²) < 4.78 is 0. The molecule has 1 aromatic rings. The lowest BCUT2D eigenvalue weighted by Gasteiger charge is -2.20. The van der Waals surface area contributed by atoms with Crippen LogP contribution in [-0.4, -0.2) is 22.7 Å². The number of rotatable bonds is 4. The van der Waals surface area contributed by atoms with Crippen molar-refractivity contribution in [2.45, 2.75) is 19.9 Å². The molecule has 0 aliphatic carbocycles. The molecule has 0 saturated heterocycles. The van der Waals surface area contributed by atoms with Crippen LogP contribution in [0.5, 0.6) is 0 Å². The number of hydrogen-bond donors (Lipinski definition) is 3. The summed E-state index contributed by atoms with van der Waals surface area (Å²) in [6, 6.07) is 1.84. The van der Waals surface area contributed by atoms with Gasteiger partial charge in [0.25, 0.3) is 0 Å². The SMILES string of the molecule is CC(C)C(CO)Nc1cncc(N)c1. The van der Waals surface area contributed by atoms with E-state index in [9.17, 15) is 0 Å². The Labute approximate surface area is 84.2 Å². The van der Waals surface area contributed by atoms with Crippen molar-refractivity contribution in [3.8, 4) is 0 Å². The van der Waals surface area contributed by atoms with Gasteiger partial charge in [-0.3, -0.25) is 4.98 Å². The van der Waals surface area contributed by atoms with Crippen LogP contribution in [0.2, 0.25) is 0 Å². The molecule has 0 aromatic carbocycles. The van der Waals surface area contributed by atoms with E-state index in [0.717, 1.165) is 5.69 Å². The smallest absolute Gasteiger partial charge is 0.0635 e. The lowest BCUT2D eigenvalue weighted by molar-refractivity contribution is 0.249. The maximum absolute atomic E-state index is 9.11. The predicted octanol–water partition coefficient (Wildman–Crippen LogP) is 1.09. The lowest BCUT2D eigenvalue weighted by atomic mass is 10.1. The van der Waals surface area contributed by atoms with Crippen LogP contribution >= 0.6 is 0 Å². The molecule has 0 spiro atoms. The van der Waals surface area contributed by atoms with Gasteiger partial charge >= 0.3 is 0 Å². The van der Waals surface area contributed by atoms with Crippen molar-refractivity contribution in [3.63, 3.8) is 0 Å². The van der Waals surface area contributed by atoms with Gasteiger partial charge < -0.3 is 16.2 Å². The molecular weight excluding hydrogens is 178 g/mol. The number of aliphatic hydroxyl groups excluding tert-OH is 1. The van der Waals surface area contributed by atoms with Crippen LogP contribution in [0.3, 0.4) is 0 Å². The number of nitrogens with two attached hydrogens (primary N) is 1. The van der Waals surface area contributed by atoms with E-state index in [1.807, 2.05) is 13.8 Å². The fraction of sp³-hybridized carbons (Fsp3) is 0.500. The number of nitrogens with zero attached hydrogens (tertiary/aromatic N) is 1. The Morgan fingerprint density at radius 1 is 1.50 bits per heavy atom. The number of aliphatic hydroxyl groups is 1. The molecule has 0 fully saturated rings. The van der Waals surface area contributed by atoms with Crippen LogP contribution in [0, 0.1) is 5.92 Å². The normalized spacial score (nSPS) is 12.9. The molecular formula is C10H17N3O. The van der Waals surface area contributed by atoms with Gasteiger partial charge in [0, 0.05) is 6.20 Å². The van der Waals surface area contributed by atoms with Gasteiger partial charge in [0.2, 0.25) is 0 Å². The van der Waals surface area contributed by atoms with Gasteiger partial charge in [-0.05, 0) is 12.0 Å². The van der Waals surface area contributed by atoms with Crippen LogP contribution in [0.15, 0.2) is 18.5 Å². The molecule has 78 valence electrons. The summed E-state index contributed by atoms with van der Waals surface area (Å²) in [5.41, 5.74) is 7.05. The molecule has 0 aliphatic heterocycles. The Bertz CT molecular complexity index is 288. The van der Waals surface area contributed by atoms with Crippen LogP contribution < -0.4 is 11.1 Å². The van der Waals surface area contributed by atoms with E-state index < -0.39 is 0 Å². The third-order valence-corrected chi connectivity index (χ3v) is 2.11. The number of anilines is 2. The number of nitrogen functional groups attached to an aromatic ring is 1. The van der Waals surface area contributed by atoms with Gasteiger partial charge in [-0.25, -0.2) is 0 Å². The third-order valence-electron chi connectivity index (χ3n) is 2.11. The Morgan fingerprint density at radius 2 is 2.21 bits per heavy atom. The average Bonchev–Trinajstić information content (AvgIpc) is 2.14. The zero-order chi connectivity index (χ0) is 10.6. The summed E-state index contributed by atoms with van der Waals surface area (Å²) in [6.07, 6.45) is 3.29. The lowest BCUT2D eigenvalue weighted by Crippen LogP contribution is -2.29.